The molecule has 1 heterocycles. The van der Waals surface area contributed by atoms with E-state index in [1.807, 2.05) is 12.1 Å². The number of benzene rings is 2. The SMILES string of the molecule is COc1ccc(C#N)cc1CN1CCc2ccccc21. The Labute approximate surface area is 119 Å². The molecule has 0 fully saturated rings. The molecule has 0 unspecified atom stereocenters. The summed E-state index contributed by atoms with van der Waals surface area (Å²) in [6, 6.07) is 16.3. The number of para-hydroxylation sites is 1. The van der Waals surface area contributed by atoms with Crippen molar-refractivity contribution in [2.45, 2.75) is 13.0 Å². The second kappa shape index (κ2) is 5.26. The summed E-state index contributed by atoms with van der Waals surface area (Å²) >= 11 is 0. The van der Waals surface area contributed by atoms with E-state index >= 15 is 0 Å². The number of nitrogens with zero attached hydrogens (tertiary/aromatic N) is 2. The average molecular weight is 264 g/mol. The Balaban J connectivity index is 1.91. The molecule has 2 aromatic rings. The van der Waals surface area contributed by atoms with Crippen LogP contribution in [0.2, 0.25) is 0 Å². The first-order valence-electron chi connectivity index (χ1n) is 6.71. The molecular weight excluding hydrogens is 248 g/mol. The van der Waals surface area contributed by atoms with Crippen LogP contribution in [0, 0.1) is 11.3 Å². The Hall–Kier alpha value is -2.47. The highest BCUT2D eigenvalue weighted by atomic mass is 16.5. The molecule has 0 aliphatic carbocycles. The highest BCUT2D eigenvalue weighted by Gasteiger charge is 2.19. The molecule has 0 atom stereocenters. The van der Waals surface area contributed by atoms with Gasteiger partial charge in [-0.1, -0.05) is 18.2 Å². The van der Waals surface area contributed by atoms with E-state index in [1.165, 1.54) is 11.3 Å². The quantitative estimate of drug-likeness (QED) is 0.854. The van der Waals surface area contributed by atoms with Crippen LogP contribution in [-0.2, 0) is 13.0 Å². The van der Waals surface area contributed by atoms with Crippen LogP contribution in [-0.4, -0.2) is 13.7 Å². The lowest BCUT2D eigenvalue weighted by Crippen LogP contribution is -2.20. The van der Waals surface area contributed by atoms with Crippen LogP contribution in [0.3, 0.4) is 0 Å². The number of hydrogen-bond donors (Lipinski definition) is 0. The smallest absolute Gasteiger partial charge is 0.123 e. The first-order valence-corrected chi connectivity index (χ1v) is 6.71. The van der Waals surface area contributed by atoms with Gasteiger partial charge >= 0.3 is 0 Å². The summed E-state index contributed by atoms with van der Waals surface area (Å²) in [7, 11) is 1.67. The molecule has 0 saturated carbocycles. The number of fused-ring (bicyclic) bond motifs is 1. The fraction of sp³-hybridized carbons (Fsp3) is 0.235. The van der Waals surface area contributed by atoms with E-state index in [1.54, 1.807) is 13.2 Å². The number of ether oxygens (including phenoxy) is 1. The number of methoxy groups -OCH3 is 1. The summed E-state index contributed by atoms with van der Waals surface area (Å²) in [5, 5.41) is 9.04. The van der Waals surface area contributed by atoms with Gasteiger partial charge in [-0.15, -0.1) is 0 Å². The molecule has 20 heavy (non-hydrogen) atoms. The van der Waals surface area contributed by atoms with E-state index < -0.39 is 0 Å². The van der Waals surface area contributed by atoms with E-state index in [2.05, 4.69) is 35.2 Å². The third-order valence-electron chi connectivity index (χ3n) is 3.75. The van der Waals surface area contributed by atoms with Gasteiger partial charge in [-0.2, -0.15) is 5.26 Å². The van der Waals surface area contributed by atoms with Crippen LogP contribution in [0.4, 0.5) is 5.69 Å². The van der Waals surface area contributed by atoms with Crippen molar-refractivity contribution < 1.29 is 4.74 Å². The van der Waals surface area contributed by atoms with Crippen LogP contribution in [0.25, 0.3) is 0 Å². The number of rotatable bonds is 3. The Morgan fingerprint density at radius 3 is 2.90 bits per heavy atom. The highest BCUT2D eigenvalue weighted by Crippen LogP contribution is 2.31. The van der Waals surface area contributed by atoms with Crippen molar-refractivity contribution in [1.29, 1.82) is 5.26 Å². The Morgan fingerprint density at radius 2 is 2.10 bits per heavy atom. The van der Waals surface area contributed by atoms with Crippen LogP contribution in [0.15, 0.2) is 42.5 Å². The lowest BCUT2D eigenvalue weighted by atomic mass is 10.1. The third kappa shape index (κ3) is 2.21. The van der Waals surface area contributed by atoms with Crippen molar-refractivity contribution >= 4 is 5.69 Å². The number of anilines is 1. The molecule has 1 aliphatic rings. The van der Waals surface area contributed by atoms with Gasteiger partial charge in [0.15, 0.2) is 0 Å². The van der Waals surface area contributed by atoms with Gasteiger partial charge in [0.05, 0.1) is 18.7 Å². The Morgan fingerprint density at radius 1 is 1.25 bits per heavy atom. The molecule has 3 rings (SSSR count). The molecule has 1 aliphatic heterocycles. The van der Waals surface area contributed by atoms with E-state index in [0.29, 0.717) is 5.56 Å². The highest BCUT2D eigenvalue weighted by molar-refractivity contribution is 5.58. The molecule has 0 aromatic heterocycles. The molecule has 100 valence electrons. The molecule has 3 heteroatoms. The van der Waals surface area contributed by atoms with Crippen molar-refractivity contribution in [1.82, 2.24) is 0 Å². The number of hydrogen-bond acceptors (Lipinski definition) is 3. The zero-order chi connectivity index (χ0) is 13.9. The van der Waals surface area contributed by atoms with E-state index in [0.717, 1.165) is 30.8 Å². The van der Waals surface area contributed by atoms with Crippen molar-refractivity contribution in [2.24, 2.45) is 0 Å². The summed E-state index contributed by atoms with van der Waals surface area (Å²) in [5.41, 5.74) is 4.41. The maximum Gasteiger partial charge on any atom is 0.123 e. The Bertz CT molecular complexity index is 673. The van der Waals surface area contributed by atoms with E-state index in [4.69, 9.17) is 10.00 Å². The van der Waals surface area contributed by atoms with Crippen molar-refractivity contribution in [3.05, 3.63) is 59.2 Å². The van der Waals surface area contributed by atoms with Crippen molar-refractivity contribution in [3.8, 4) is 11.8 Å². The van der Waals surface area contributed by atoms with E-state index in [-0.39, 0.29) is 0 Å². The second-order valence-corrected chi connectivity index (χ2v) is 4.94. The van der Waals surface area contributed by atoms with Gasteiger partial charge in [0.1, 0.15) is 5.75 Å². The topological polar surface area (TPSA) is 36.3 Å². The maximum atomic E-state index is 9.04. The summed E-state index contributed by atoms with van der Waals surface area (Å²) in [5.74, 6) is 0.841. The summed E-state index contributed by atoms with van der Waals surface area (Å²) in [6.45, 7) is 1.79. The molecule has 0 bridgehead atoms. The summed E-state index contributed by atoms with van der Waals surface area (Å²) < 4.78 is 5.41. The normalized spacial score (nSPS) is 12.9. The van der Waals surface area contributed by atoms with Crippen molar-refractivity contribution in [3.63, 3.8) is 0 Å². The molecule has 2 aromatic carbocycles. The van der Waals surface area contributed by atoms with Gasteiger partial charge < -0.3 is 9.64 Å². The van der Waals surface area contributed by atoms with Gasteiger partial charge in [-0.05, 0) is 36.2 Å². The molecule has 0 spiro atoms. The van der Waals surface area contributed by atoms with Crippen LogP contribution < -0.4 is 9.64 Å². The van der Waals surface area contributed by atoms with Gasteiger partial charge in [-0.25, -0.2) is 0 Å². The summed E-state index contributed by atoms with van der Waals surface area (Å²) in [4.78, 5) is 2.34. The minimum absolute atomic E-state index is 0.674. The second-order valence-electron chi connectivity index (χ2n) is 4.94. The van der Waals surface area contributed by atoms with Gasteiger partial charge in [0.2, 0.25) is 0 Å². The molecule has 3 nitrogen and oxygen atoms in total. The van der Waals surface area contributed by atoms with E-state index in [9.17, 15) is 0 Å². The zero-order valence-electron chi connectivity index (χ0n) is 11.5. The molecular formula is C17H16N2O. The predicted molar refractivity (Wildman–Crippen MR) is 78.9 cm³/mol. The monoisotopic (exact) mass is 264 g/mol. The van der Waals surface area contributed by atoms with Crippen LogP contribution in [0.5, 0.6) is 5.75 Å². The fourth-order valence-corrected chi connectivity index (χ4v) is 2.75. The van der Waals surface area contributed by atoms with Gasteiger partial charge in [-0.3, -0.25) is 0 Å². The first-order chi connectivity index (χ1) is 9.81. The minimum Gasteiger partial charge on any atom is -0.496 e. The van der Waals surface area contributed by atoms with Crippen LogP contribution in [0.1, 0.15) is 16.7 Å². The summed E-state index contributed by atoms with van der Waals surface area (Å²) in [6.07, 6.45) is 1.08. The maximum absolute atomic E-state index is 9.04. The largest absolute Gasteiger partial charge is 0.496 e. The molecule has 0 saturated heterocycles. The van der Waals surface area contributed by atoms with Crippen LogP contribution >= 0.6 is 0 Å². The van der Waals surface area contributed by atoms with Gasteiger partial charge in [0, 0.05) is 24.3 Å². The number of nitriles is 1. The fourth-order valence-electron chi connectivity index (χ4n) is 2.75. The first kappa shape index (κ1) is 12.6. The molecule has 0 radical (unpaired) electrons. The average Bonchev–Trinajstić information content (AvgIpc) is 2.90. The van der Waals surface area contributed by atoms with Crippen molar-refractivity contribution in [2.75, 3.05) is 18.6 Å². The zero-order valence-corrected chi connectivity index (χ0v) is 11.5. The Kier molecular flexibility index (Phi) is 3.30. The van der Waals surface area contributed by atoms with Gasteiger partial charge in [0.25, 0.3) is 0 Å². The lowest BCUT2D eigenvalue weighted by molar-refractivity contribution is 0.409. The molecule has 0 amide bonds. The molecule has 0 N–H and O–H groups in total. The standard InChI is InChI=1S/C17H16N2O/c1-20-17-7-6-13(11-18)10-15(17)12-19-9-8-14-4-2-3-5-16(14)19/h2-7,10H,8-9,12H2,1H3. The lowest BCUT2D eigenvalue weighted by Gasteiger charge is -2.21. The predicted octanol–water partition coefficient (Wildman–Crippen LogP) is 3.13. The third-order valence-corrected chi connectivity index (χ3v) is 3.75. The minimum atomic E-state index is 0.674.